The Hall–Kier alpha value is -3.02. The number of carbonyl (C=O) groups excluding carboxylic acids is 4. The molecule has 0 aliphatic carbocycles. The van der Waals surface area contributed by atoms with E-state index in [9.17, 15) is 24.3 Å². The standard InChI is InChI=1S/C34H44BrN3O7/c1-6-20(2)24(18-39)38-29-32(43)37(33(3,4)5)16-12-8-11-15-25(40)44-19-23(21-13-9-7-10-14-21)36-30(41)26-27(31(38)42)34(29)17-22(35)28(26)45-34/h7-10,12-14,17,20,23-24,26-29,39H,6,11,15-16,18-19H2,1-5H3,(H,36,41)/b12-8-/t20-,23+,24-,26+,27-,28+,29+,34-/m0/s1. The molecule has 2 N–H and O–H groups in total. The third kappa shape index (κ3) is 5.99. The van der Waals surface area contributed by atoms with E-state index in [0.29, 0.717) is 17.3 Å². The van der Waals surface area contributed by atoms with Crippen LogP contribution in [0.2, 0.25) is 0 Å². The first kappa shape index (κ1) is 33.3. The smallest absolute Gasteiger partial charge is 0.306 e. The van der Waals surface area contributed by atoms with Crippen molar-refractivity contribution >= 4 is 39.6 Å². The number of likely N-dealkylation sites (tertiary alicyclic amines) is 1. The second-order valence-corrected chi connectivity index (χ2v) is 14.4. The van der Waals surface area contributed by atoms with Crippen molar-refractivity contribution in [1.29, 1.82) is 0 Å². The Morgan fingerprint density at radius 3 is 2.47 bits per heavy atom. The molecular formula is C34H44BrN3O7. The van der Waals surface area contributed by atoms with E-state index in [-0.39, 0.29) is 43.9 Å². The van der Waals surface area contributed by atoms with Crippen molar-refractivity contribution in [2.75, 3.05) is 19.8 Å². The lowest BCUT2D eigenvalue weighted by Gasteiger charge is -2.43. The molecule has 3 amide bonds. The van der Waals surface area contributed by atoms with Gasteiger partial charge in [-0.05, 0) is 44.7 Å². The number of nitrogens with one attached hydrogen (secondary N) is 1. The summed E-state index contributed by atoms with van der Waals surface area (Å²) in [5.74, 6) is -3.64. The van der Waals surface area contributed by atoms with Crippen LogP contribution in [-0.4, -0.2) is 87.7 Å². The van der Waals surface area contributed by atoms with E-state index in [1.165, 1.54) is 4.90 Å². The van der Waals surface area contributed by atoms with E-state index >= 15 is 0 Å². The summed E-state index contributed by atoms with van der Waals surface area (Å²) in [6.07, 6.45) is 5.93. The summed E-state index contributed by atoms with van der Waals surface area (Å²) in [7, 11) is 0. The molecular weight excluding hydrogens is 642 g/mol. The van der Waals surface area contributed by atoms with Gasteiger partial charge in [-0.15, -0.1) is 0 Å². The molecule has 0 saturated carbocycles. The number of nitrogens with zero attached hydrogens (tertiary/aromatic N) is 2. The molecule has 5 rings (SSSR count). The van der Waals surface area contributed by atoms with Crippen molar-refractivity contribution < 1.29 is 33.8 Å². The van der Waals surface area contributed by atoms with E-state index in [1.54, 1.807) is 11.0 Å². The number of fused-ring (bicyclic) bond motifs is 2. The molecule has 2 saturated heterocycles. The van der Waals surface area contributed by atoms with Crippen LogP contribution in [0.15, 0.2) is 53.0 Å². The van der Waals surface area contributed by atoms with Crippen LogP contribution >= 0.6 is 15.9 Å². The predicted octanol–water partition coefficient (Wildman–Crippen LogP) is 3.64. The number of cyclic esters (lactones) is 1. The monoisotopic (exact) mass is 685 g/mol. The van der Waals surface area contributed by atoms with E-state index in [1.807, 2.05) is 77.1 Å². The highest BCUT2D eigenvalue weighted by atomic mass is 79.9. The first-order chi connectivity index (χ1) is 21.4. The average Bonchev–Trinajstić information content (AvgIpc) is 3.59. The molecule has 1 spiro atoms. The van der Waals surface area contributed by atoms with Gasteiger partial charge >= 0.3 is 5.97 Å². The van der Waals surface area contributed by atoms with E-state index in [0.717, 1.165) is 5.56 Å². The Balaban J connectivity index is 1.65. The van der Waals surface area contributed by atoms with Crippen LogP contribution in [0, 0.1) is 17.8 Å². The minimum atomic E-state index is -1.42. The molecule has 4 aliphatic heterocycles. The highest BCUT2D eigenvalue weighted by Gasteiger charge is 2.75. The van der Waals surface area contributed by atoms with Gasteiger partial charge in [-0.3, -0.25) is 19.2 Å². The van der Waals surface area contributed by atoms with Crippen LogP contribution < -0.4 is 5.32 Å². The number of aliphatic hydroxyl groups is 1. The van der Waals surface area contributed by atoms with Gasteiger partial charge in [0.25, 0.3) is 0 Å². The number of allylic oxidation sites excluding steroid dienone is 1. The number of esters is 1. The van der Waals surface area contributed by atoms with Crippen LogP contribution in [0.3, 0.4) is 0 Å². The molecule has 45 heavy (non-hydrogen) atoms. The fourth-order valence-electron chi connectivity index (χ4n) is 7.17. The van der Waals surface area contributed by atoms with Gasteiger partial charge in [-0.2, -0.15) is 0 Å². The molecule has 244 valence electrons. The molecule has 10 nitrogen and oxygen atoms in total. The summed E-state index contributed by atoms with van der Waals surface area (Å²) in [5, 5.41) is 13.7. The average molecular weight is 687 g/mol. The highest BCUT2D eigenvalue weighted by molar-refractivity contribution is 9.11. The minimum absolute atomic E-state index is 0.0804. The van der Waals surface area contributed by atoms with Crippen molar-refractivity contribution in [3.63, 3.8) is 0 Å². The number of rotatable bonds is 5. The number of carbonyl (C=O) groups is 4. The van der Waals surface area contributed by atoms with Crippen molar-refractivity contribution in [2.45, 2.75) is 89.3 Å². The largest absolute Gasteiger partial charge is 0.463 e. The Bertz CT molecular complexity index is 1380. The summed E-state index contributed by atoms with van der Waals surface area (Å²) < 4.78 is 12.9. The van der Waals surface area contributed by atoms with Gasteiger partial charge < -0.3 is 29.7 Å². The Morgan fingerprint density at radius 2 is 1.82 bits per heavy atom. The minimum Gasteiger partial charge on any atom is -0.463 e. The van der Waals surface area contributed by atoms with Crippen LogP contribution in [0.1, 0.15) is 65.5 Å². The summed E-state index contributed by atoms with van der Waals surface area (Å²) in [6.45, 7) is 9.51. The second kappa shape index (κ2) is 13.0. The van der Waals surface area contributed by atoms with Crippen molar-refractivity contribution in [3.8, 4) is 0 Å². The van der Waals surface area contributed by atoms with E-state index in [4.69, 9.17) is 9.47 Å². The summed E-state index contributed by atoms with van der Waals surface area (Å²) in [4.78, 5) is 59.7. The molecule has 11 heteroatoms. The van der Waals surface area contributed by atoms with Crippen LogP contribution in [0.25, 0.3) is 0 Å². The third-order valence-electron chi connectivity index (χ3n) is 9.72. The highest BCUT2D eigenvalue weighted by Crippen LogP contribution is 2.59. The van der Waals surface area contributed by atoms with Crippen molar-refractivity contribution in [2.24, 2.45) is 17.8 Å². The number of halogens is 1. The Labute approximate surface area is 273 Å². The van der Waals surface area contributed by atoms with Crippen LogP contribution in [-0.2, 0) is 28.7 Å². The number of aliphatic hydroxyl groups excluding tert-OH is 1. The molecule has 4 aliphatic rings. The molecule has 1 aromatic rings. The molecule has 2 fully saturated rings. The zero-order valence-corrected chi connectivity index (χ0v) is 28.2. The quantitative estimate of drug-likeness (QED) is 0.358. The van der Waals surface area contributed by atoms with Gasteiger partial charge in [-0.1, -0.05) is 78.7 Å². The molecule has 5 bridgehead atoms. The lowest BCUT2D eigenvalue weighted by Crippen LogP contribution is -2.62. The zero-order chi connectivity index (χ0) is 32.7. The van der Waals surface area contributed by atoms with Gasteiger partial charge in [0, 0.05) is 23.0 Å². The van der Waals surface area contributed by atoms with Gasteiger partial charge in [0.05, 0.1) is 30.5 Å². The summed E-state index contributed by atoms with van der Waals surface area (Å²) in [5.41, 5.74) is -1.32. The maximum Gasteiger partial charge on any atom is 0.306 e. The number of hydrogen-bond acceptors (Lipinski definition) is 7. The fourth-order valence-corrected chi connectivity index (χ4v) is 7.91. The number of hydrogen-bond donors (Lipinski definition) is 2. The van der Waals surface area contributed by atoms with Crippen LogP contribution in [0.4, 0.5) is 0 Å². The lowest BCUT2D eigenvalue weighted by molar-refractivity contribution is -0.154. The molecule has 8 atom stereocenters. The number of amides is 3. The third-order valence-corrected chi connectivity index (χ3v) is 10.4. The first-order valence-electron chi connectivity index (χ1n) is 15.8. The first-order valence-corrected chi connectivity index (χ1v) is 16.6. The maximum atomic E-state index is 14.8. The predicted molar refractivity (Wildman–Crippen MR) is 171 cm³/mol. The van der Waals surface area contributed by atoms with Gasteiger partial charge in [0.15, 0.2) is 0 Å². The van der Waals surface area contributed by atoms with Gasteiger partial charge in [-0.25, -0.2) is 0 Å². The molecule has 4 heterocycles. The lowest BCUT2D eigenvalue weighted by atomic mass is 9.73. The Kier molecular flexibility index (Phi) is 9.63. The molecule has 0 aromatic heterocycles. The molecule has 0 unspecified atom stereocenters. The number of ether oxygens (including phenoxy) is 2. The summed E-state index contributed by atoms with van der Waals surface area (Å²) >= 11 is 3.61. The van der Waals surface area contributed by atoms with Crippen molar-refractivity contribution in [3.05, 3.63) is 58.6 Å². The molecule has 0 radical (unpaired) electrons. The summed E-state index contributed by atoms with van der Waals surface area (Å²) in [6, 6.07) is 6.79. The van der Waals surface area contributed by atoms with Gasteiger partial charge in [0.2, 0.25) is 17.7 Å². The van der Waals surface area contributed by atoms with E-state index < -0.39 is 59.1 Å². The zero-order valence-electron chi connectivity index (χ0n) is 26.6. The van der Waals surface area contributed by atoms with Crippen molar-refractivity contribution in [1.82, 2.24) is 15.1 Å². The SMILES string of the molecule is CC[C@H](C)[C@H](CO)N1C(=O)[C@@H]2[C@H]3C(=O)N[C@@H](c4ccccc4)COC(=O)CC/C=C\CN(C(C)(C)C)C(=O)[C@@H]1[C@]21C=C(Br)[C@H]3O1. The topological polar surface area (TPSA) is 125 Å². The fraction of sp³-hybridized carbons (Fsp3) is 0.588. The van der Waals surface area contributed by atoms with Crippen LogP contribution in [0.5, 0.6) is 0 Å². The normalized spacial score (nSPS) is 33.0. The molecule has 1 aromatic carbocycles. The van der Waals surface area contributed by atoms with Gasteiger partial charge in [0.1, 0.15) is 24.4 Å². The maximum absolute atomic E-state index is 14.8. The van der Waals surface area contributed by atoms with E-state index in [2.05, 4.69) is 21.2 Å². The Morgan fingerprint density at radius 1 is 1.11 bits per heavy atom. The second-order valence-electron chi connectivity index (χ2n) is 13.5. The number of benzene rings is 1.